The third kappa shape index (κ3) is 2.35. The predicted octanol–water partition coefficient (Wildman–Crippen LogP) is 0.566. The van der Waals surface area contributed by atoms with Gasteiger partial charge in [0.25, 0.3) is 0 Å². The van der Waals surface area contributed by atoms with Crippen molar-refractivity contribution in [1.29, 1.82) is 0 Å². The van der Waals surface area contributed by atoms with E-state index < -0.39 is 6.10 Å². The van der Waals surface area contributed by atoms with Crippen molar-refractivity contribution < 1.29 is 14.6 Å². The second kappa shape index (κ2) is 4.28. The summed E-state index contributed by atoms with van der Waals surface area (Å²) in [5, 5.41) is 9.01. The van der Waals surface area contributed by atoms with Crippen LogP contribution in [0.2, 0.25) is 0 Å². The summed E-state index contributed by atoms with van der Waals surface area (Å²) in [5.41, 5.74) is 0. The van der Waals surface area contributed by atoms with Gasteiger partial charge in [0.2, 0.25) is 0 Å². The Hall–Kier alpha value is -0.570. The molecule has 0 aromatic carbocycles. The van der Waals surface area contributed by atoms with Gasteiger partial charge in [-0.3, -0.25) is 4.79 Å². The van der Waals surface area contributed by atoms with Gasteiger partial charge in [-0.25, -0.2) is 0 Å². The van der Waals surface area contributed by atoms with E-state index in [-0.39, 0.29) is 11.9 Å². The molecule has 0 aromatic heterocycles. The number of aliphatic hydroxyl groups excluding tert-OH is 1. The fourth-order valence-electron chi connectivity index (χ4n) is 0.856. The highest BCUT2D eigenvalue weighted by molar-refractivity contribution is 5.72. The Kier molecular flexibility index (Phi) is 4.03. The molecule has 0 heterocycles. The van der Waals surface area contributed by atoms with Crippen LogP contribution < -0.4 is 0 Å². The number of ether oxygens (including phenoxy) is 1. The van der Waals surface area contributed by atoms with Crippen LogP contribution in [0.5, 0.6) is 0 Å². The fraction of sp³-hybridized carbons (Fsp3) is 0.857. The molecule has 0 aromatic rings. The van der Waals surface area contributed by atoms with Crippen LogP contribution in [0.1, 0.15) is 20.3 Å². The number of methoxy groups -OCH3 is 1. The number of carbonyl (C=O) groups excluding carboxylic acids is 1. The van der Waals surface area contributed by atoms with Crippen molar-refractivity contribution >= 4 is 5.97 Å². The molecular formula is C7H14O3. The van der Waals surface area contributed by atoms with Gasteiger partial charge in [0.05, 0.1) is 19.1 Å². The minimum Gasteiger partial charge on any atom is -0.469 e. The average molecular weight is 146 g/mol. The number of carbonyl (C=O) groups is 1. The molecule has 0 fully saturated rings. The van der Waals surface area contributed by atoms with Gasteiger partial charge in [-0.1, -0.05) is 6.92 Å². The van der Waals surface area contributed by atoms with Crippen molar-refractivity contribution in [2.75, 3.05) is 7.11 Å². The third-order valence-corrected chi connectivity index (χ3v) is 1.53. The SMILES string of the molecule is CC[C@H](C(=O)OC)[C@@H](C)O. The lowest BCUT2D eigenvalue weighted by Gasteiger charge is -2.14. The van der Waals surface area contributed by atoms with Crippen LogP contribution in [-0.2, 0) is 9.53 Å². The summed E-state index contributed by atoms with van der Waals surface area (Å²) in [5.74, 6) is -0.706. The van der Waals surface area contributed by atoms with Crippen molar-refractivity contribution in [2.24, 2.45) is 5.92 Å². The zero-order valence-corrected chi connectivity index (χ0v) is 6.63. The van der Waals surface area contributed by atoms with Crippen LogP contribution in [-0.4, -0.2) is 24.3 Å². The first-order valence-corrected chi connectivity index (χ1v) is 3.39. The van der Waals surface area contributed by atoms with Gasteiger partial charge in [-0.05, 0) is 13.3 Å². The second-order valence-corrected chi connectivity index (χ2v) is 2.28. The summed E-state index contributed by atoms with van der Waals surface area (Å²) in [6.45, 7) is 3.43. The summed E-state index contributed by atoms with van der Waals surface area (Å²) in [6.07, 6.45) is 0.00194. The molecule has 60 valence electrons. The van der Waals surface area contributed by atoms with Gasteiger partial charge >= 0.3 is 5.97 Å². The minimum atomic E-state index is -0.613. The number of aliphatic hydroxyl groups is 1. The molecule has 0 bridgehead atoms. The molecule has 0 radical (unpaired) electrons. The molecule has 3 heteroatoms. The Balaban J connectivity index is 3.93. The molecule has 0 aliphatic carbocycles. The molecule has 0 rings (SSSR count). The summed E-state index contributed by atoms with van der Waals surface area (Å²) in [4.78, 5) is 10.8. The quantitative estimate of drug-likeness (QED) is 0.592. The molecule has 0 aliphatic rings. The van der Waals surface area contributed by atoms with Crippen LogP contribution in [0.4, 0.5) is 0 Å². The van der Waals surface area contributed by atoms with E-state index in [4.69, 9.17) is 5.11 Å². The predicted molar refractivity (Wildman–Crippen MR) is 37.5 cm³/mol. The Labute approximate surface area is 61.0 Å². The van der Waals surface area contributed by atoms with Crippen molar-refractivity contribution in [2.45, 2.75) is 26.4 Å². The highest BCUT2D eigenvalue weighted by Gasteiger charge is 2.21. The summed E-state index contributed by atoms with van der Waals surface area (Å²) in [6, 6.07) is 0. The van der Waals surface area contributed by atoms with Crippen LogP contribution in [0.15, 0.2) is 0 Å². The first-order valence-electron chi connectivity index (χ1n) is 3.39. The van der Waals surface area contributed by atoms with Crippen LogP contribution in [0.3, 0.4) is 0 Å². The molecule has 0 saturated carbocycles. The molecule has 0 amide bonds. The first kappa shape index (κ1) is 9.43. The average Bonchev–Trinajstić information content (AvgIpc) is 1.88. The zero-order valence-electron chi connectivity index (χ0n) is 6.63. The van der Waals surface area contributed by atoms with Crippen LogP contribution in [0, 0.1) is 5.92 Å². The zero-order chi connectivity index (χ0) is 8.15. The lowest BCUT2D eigenvalue weighted by molar-refractivity contribution is -0.149. The summed E-state index contributed by atoms with van der Waals surface area (Å²) >= 11 is 0. The standard InChI is InChI=1S/C7H14O3/c1-4-6(5(2)8)7(9)10-3/h5-6,8H,4H2,1-3H3/t5-,6+/m1/s1. The highest BCUT2D eigenvalue weighted by atomic mass is 16.5. The summed E-state index contributed by atoms with van der Waals surface area (Å²) in [7, 11) is 1.33. The number of esters is 1. The van der Waals surface area contributed by atoms with Crippen molar-refractivity contribution in [3.8, 4) is 0 Å². The molecule has 3 nitrogen and oxygen atoms in total. The lowest BCUT2D eigenvalue weighted by atomic mass is 10.0. The molecule has 10 heavy (non-hydrogen) atoms. The second-order valence-electron chi connectivity index (χ2n) is 2.28. The number of hydrogen-bond acceptors (Lipinski definition) is 3. The van der Waals surface area contributed by atoms with Crippen LogP contribution >= 0.6 is 0 Å². The molecule has 2 atom stereocenters. The Morgan fingerprint density at radius 1 is 1.70 bits per heavy atom. The maximum Gasteiger partial charge on any atom is 0.311 e. The van der Waals surface area contributed by atoms with E-state index in [9.17, 15) is 4.79 Å². The Morgan fingerprint density at radius 3 is 2.30 bits per heavy atom. The molecular weight excluding hydrogens is 132 g/mol. The fourth-order valence-corrected chi connectivity index (χ4v) is 0.856. The molecule has 1 N–H and O–H groups in total. The van der Waals surface area contributed by atoms with E-state index in [1.165, 1.54) is 7.11 Å². The van der Waals surface area contributed by atoms with Crippen molar-refractivity contribution in [1.82, 2.24) is 0 Å². The Morgan fingerprint density at radius 2 is 2.20 bits per heavy atom. The summed E-state index contributed by atoms with van der Waals surface area (Å²) < 4.78 is 4.47. The van der Waals surface area contributed by atoms with Crippen molar-refractivity contribution in [3.63, 3.8) is 0 Å². The van der Waals surface area contributed by atoms with E-state index in [0.29, 0.717) is 6.42 Å². The van der Waals surface area contributed by atoms with E-state index in [0.717, 1.165) is 0 Å². The smallest absolute Gasteiger partial charge is 0.311 e. The maximum absolute atomic E-state index is 10.8. The largest absolute Gasteiger partial charge is 0.469 e. The van der Waals surface area contributed by atoms with Gasteiger partial charge in [0.15, 0.2) is 0 Å². The number of rotatable bonds is 3. The number of hydrogen-bond donors (Lipinski definition) is 1. The minimum absolute atomic E-state index is 0.336. The maximum atomic E-state index is 10.8. The van der Waals surface area contributed by atoms with Gasteiger partial charge in [-0.2, -0.15) is 0 Å². The third-order valence-electron chi connectivity index (χ3n) is 1.53. The van der Waals surface area contributed by atoms with Gasteiger partial charge < -0.3 is 9.84 Å². The lowest BCUT2D eigenvalue weighted by Crippen LogP contribution is -2.26. The normalized spacial score (nSPS) is 16.0. The molecule has 0 aliphatic heterocycles. The van der Waals surface area contributed by atoms with E-state index in [2.05, 4.69) is 4.74 Å². The van der Waals surface area contributed by atoms with E-state index in [1.54, 1.807) is 6.92 Å². The first-order chi connectivity index (χ1) is 4.63. The van der Waals surface area contributed by atoms with Crippen molar-refractivity contribution in [3.05, 3.63) is 0 Å². The molecule has 0 unspecified atom stereocenters. The van der Waals surface area contributed by atoms with Gasteiger partial charge in [0, 0.05) is 0 Å². The van der Waals surface area contributed by atoms with Gasteiger partial charge in [-0.15, -0.1) is 0 Å². The van der Waals surface area contributed by atoms with E-state index >= 15 is 0 Å². The molecule has 0 saturated heterocycles. The monoisotopic (exact) mass is 146 g/mol. The topological polar surface area (TPSA) is 46.5 Å². The van der Waals surface area contributed by atoms with E-state index in [1.807, 2.05) is 6.92 Å². The van der Waals surface area contributed by atoms with Gasteiger partial charge in [0.1, 0.15) is 0 Å². The molecule has 0 spiro atoms. The van der Waals surface area contributed by atoms with Crippen LogP contribution in [0.25, 0.3) is 0 Å². The Bertz CT molecular complexity index is 109. The highest BCUT2D eigenvalue weighted by Crippen LogP contribution is 2.09.